The minimum atomic E-state index is -3.73. The van der Waals surface area contributed by atoms with Crippen molar-refractivity contribution in [1.82, 2.24) is 14.6 Å². The van der Waals surface area contributed by atoms with Crippen molar-refractivity contribution in [2.75, 3.05) is 31.9 Å². The van der Waals surface area contributed by atoms with Gasteiger partial charge in [0.15, 0.2) is 11.7 Å². The summed E-state index contributed by atoms with van der Waals surface area (Å²) in [6.45, 7) is 6.10. The second kappa shape index (κ2) is 12.0. The van der Waals surface area contributed by atoms with Crippen LogP contribution in [0.4, 0.5) is 10.8 Å². The summed E-state index contributed by atoms with van der Waals surface area (Å²) in [7, 11) is -0.393. The molecule has 1 heterocycles. The summed E-state index contributed by atoms with van der Waals surface area (Å²) >= 11 is 1.29. The number of carbonyl (C=O) groups is 2. The van der Waals surface area contributed by atoms with E-state index in [1.54, 1.807) is 33.2 Å². The van der Waals surface area contributed by atoms with E-state index in [-0.39, 0.29) is 18.2 Å². The zero-order valence-electron chi connectivity index (χ0n) is 21.1. The lowest BCUT2D eigenvalue weighted by Crippen LogP contribution is -2.30. The van der Waals surface area contributed by atoms with Gasteiger partial charge in [-0.3, -0.25) is 14.6 Å². The summed E-state index contributed by atoms with van der Waals surface area (Å²) in [4.78, 5) is 36.6. The number of nitrogens with one attached hydrogen (secondary N) is 1. The SMILES string of the molecule is C=NCc1ccc(N(Cc2ccc(OCC(=O)N(C)C)cc2)c2nc(C(=O)NS(C)(=O)=O)c(C)s2)cc1. The van der Waals surface area contributed by atoms with Gasteiger partial charge in [-0.25, -0.2) is 18.1 Å². The Morgan fingerprint density at radius 2 is 1.70 bits per heavy atom. The Morgan fingerprint density at radius 1 is 1.08 bits per heavy atom. The molecule has 12 heteroatoms. The van der Waals surface area contributed by atoms with E-state index in [4.69, 9.17) is 4.74 Å². The molecule has 3 aromatic rings. The average Bonchev–Trinajstić information content (AvgIpc) is 3.23. The van der Waals surface area contributed by atoms with Gasteiger partial charge in [-0.05, 0) is 49.0 Å². The van der Waals surface area contributed by atoms with E-state index < -0.39 is 15.9 Å². The van der Waals surface area contributed by atoms with Crippen molar-refractivity contribution in [2.24, 2.45) is 4.99 Å². The number of amides is 2. The lowest BCUT2D eigenvalue weighted by Gasteiger charge is -2.22. The minimum absolute atomic E-state index is 0.0530. The van der Waals surface area contributed by atoms with Crippen LogP contribution in [-0.2, 0) is 27.9 Å². The number of likely N-dealkylation sites (N-methyl/N-ethyl adjacent to an activating group) is 1. The predicted octanol–water partition coefficient (Wildman–Crippen LogP) is 3.15. The first kappa shape index (κ1) is 27.8. The molecule has 37 heavy (non-hydrogen) atoms. The molecular formula is C25H29N5O5S2. The molecule has 0 saturated heterocycles. The number of thiazole rings is 1. The van der Waals surface area contributed by atoms with Gasteiger partial charge in [0.25, 0.3) is 11.8 Å². The van der Waals surface area contributed by atoms with Gasteiger partial charge < -0.3 is 14.5 Å². The molecule has 0 unspecified atom stereocenters. The number of nitrogens with zero attached hydrogens (tertiary/aromatic N) is 4. The zero-order chi connectivity index (χ0) is 27.2. The summed E-state index contributed by atoms with van der Waals surface area (Å²) in [5.74, 6) is -0.347. The zero-order valence-corrected chi connectivity index (χ0v) is 22.7. The van der Waals surface area contributed by atoms with Crippen molar-refractivity contribution in [3.05, 3.63) is 70.2 Å². The molecule has 0 fully saturated rings. The van der Waals surface area contributed by atoms with Crippen LogP contribution < -0.4 is 14.4 Å². The molecular weight excluding hydrogens is 514 g/mol. The molecule has 1 aromatic heterocycles. The lowest BCUT2D eigenvalue weighted by molar-refractivity contribution is -0.130. The molecule has 2 aromatic carbocycles. The first-order valence-corrected chi connectivity index (χ1v) is 13.9. The molecule has 3 rings (SSSR count). The number of rotatable bonds is 11. The van der Waals surface area contributed by atoms with Gasteiger partial charge in [0.1, 0.15) is 11.4 Å². The second-order valence-electron chi connectivity index (χ2n) is 8.46. The highest BCUT2D eigenvalue weighted by Crippen LogP contribution is 2.33. The van der Waals surface area contributed by atoms with E-state index in [0.29, 0.717) is 28.8 Å². The number of carbonyl (C=O) groups excluding carboxylic acids is 2. The molecule has 0 atom stereocenters. The van der Waals surface area contributed by atoms with Gasteiger partial charge in [-0.1, -0.05) is 24.3 Å². The third kappa shape index (κ3) is 7.86. The van der Waals surface area contributed by atoms with Crippen molar-refractivity contribution in [2.45, 2.75) is 20.0 Å². The third-order valence-corrected chi connectivity index (χ3v) is 6.73. The first-order chi connectivity index (χ1) is 17.5. The van der Waals surface area contributed by atoms with Crippen LogP contribution in [0.15, 0.2) is 53.5 Å². The Hall–Kier alpha value is -3.77. The van der Waals surface area contributed by atoms with E-state index in [2.05, 4.69) is 16.7 Å². The summed E-state index contributed by atoms with van der Waals surface area (Å²) in [6.07, 6.45) is 0.920. The quantitative estimate of drug-likeness (QED) is 0.369. The summed E-state index contributed by atoms with van der Waals surface area (Å²) in [6, 6.07) is 15.1. The van der Waals surface area contributed by atoms with Gasteiger partial charge in [0, 0.05) is 24.7 Å². The summed E-state index contributed by atoms with van der Waals surface area (Å²) in [5.41, 5.74) is 2.81. The van der Waals surface area contributed by atoms with Gasteiger partial charge in [-0.15, -0.1) is 11.3 Å². The minimum Gasteiger partial charge on any atom is -0.484 e. The molecule has 10 nitrogen and oxygen atoms in total. The molecule has 0 aliphatic heterocycles. The molecule has 0 spiro atoms. The van der Waals surface area contributed by atoms with E-state index >= 15 is 0 Å². The Balaban J connectivity index is 1.89. The fraction of sp³-hybridized carbons (Fsp3) is 0.280. The number of ether oxygens (including phenoxy) is 1. The Labute approximate surface area is 220 Å². The van der Waals surface area contributed by atoms with Crippen LogP contribution >= 0.6 is 11.3 Å². The summed E-state index contributed by atoms with van der Waals surface area (Å²) < 4.78 is 30.6. The molecule has 1 N–H and O–H groups in total. The predicted molar refractivity (Wildman–Crippen MR) is 145 cm³/mol. The summed E-state index contributed by atoms with van der Waals surface area (Å²) in [5, 5.41) is 0.530. The maximum absolute atomic E-state index is 12.5. The van der Waals surface area contributed by atoms with Gasteiger partial charge in [0.2, 0.25) is 10.0 Å². The second-order valence-corrected chi connectivity index (χ2v) is 11.4. The van der Waals surface area contributed by atoms with Crippen LogP contribution in [0.1, 0.15) is 26.5 Å². The van der Waals surface area contributed by atoms with Crippen molar-refractivity contribution in [1.29, 1.82) is 0 Å². The number of aromatic nitrogens is 1. The molecule has 0 radical (unpaired) electrons. The van der Waals surface area contributed by atoms with Crippen LogP contribution in [-0.4, -0.2) is 63.8 Å². The van der Waals surface area contributed by atoms with Crippen molar-refractivity contribution in [3.8, 4) is 5.75 Å². The normalized spacial score (nSPS) is 11.0. The third-order valence-electron chi connectivity index (χ3n) is 5.18. The number of aliphatic imine (C=N–C) groups is 1. The molecule has 0 saturated carbocycles. The maximum atomic E-state index is 12.5. The van der Waals surface area contributed by atoms with Gasteiger partial charge in [-0.2, -0.15) is 0 Å². The number of anilines is 2. The number of aryl methyl sites for hydroxylation is 1. The van der Waals surface area contributed by atoms with Gasteiger partial charge in [0.05, 0.1) is 19.3 Å². The Kier molecular flexibility index (Phi) is 9.00. The van der Waals surface area contributed by atoms with E-state index in [9.17, 15) is 18.0 Å². The maximum Gasteiger partial charge on any atom is 0.284 e. The standard InChI is InChI=1S/C25H29N5O5S2/c1-17-23(24(32)28-37(5,33)34)27-25(36-17)30(20-10-6-18(7-11-20)14-26-2)15-19-8-12-21(13-9-19)35-16-22(31)29(3)4/h6-13H,2,14-16H2,1,3-5H3,(H,28,32). The van der Waals surface area contributed by atoms with Crippen LogP contribution in [0.25, 0.3) is 0 Å². The van der Waals surface area contributed by atoms with Crippen molar-refractivity contribution in [3.63, 3.8) is 0 Å². The number of hydrogen-bond donors (Lipinski definition) is 1. The molecule has 0 aliphatic carbocycles. The van der Waals surface area contributed by atoms with E-state index in [0.717, 1.165) is 23.1 Å². The number of sulfonamides is 1. The Morgan fingerprint density at radius 3 is 2.27 bits per heavy atom. The molecule has 196 valence electrons. The average molecular weight is 544 g/mol. The van der Waals surface area contributed by atoms with Gasteiger partial charge >= 0.3 is 0 Å². The topological polar surface area (TPSA) is 121 Å². The lowest BCUT2D eigenvalue weighted by atomic mass is 10.1. The highest BCUT2D eigenvalue weighted by molar-refractivity contribution is 7.89. The highest BCUT2D eigenvalue weighted by atomic mass is 32.2. The van der Waals surface area contributed by atoms with Crippen LogP contribution in [0, 0.1) is 6.92 Å². The van der Waals surface area contributed by atoms with E-state index in [1.165, 1.54) is 16.2 Å². The number of benzene rings is 2. The van der Waals surface area contributed by atoms with Crippen LogP contribution in [0.3, 0.4) is 0 Å². The molecule has 0 bridgehead atoms. The monoisotopic (exact) mass is 543 g/mol. The van der Waals surface area contributed by atoms with Crippen LogP contribution in [0.2, 0.25) is 0 Å². The molecule has 0 aliphatic rings. The fourth-order valence-electron chi connectivity index (χ4n) is 3.25. The van der Waals surface area contributed by atoms with Crippen molar-refractivity contribution >= 4 is 50.7 Å². The number of hydrogen-bond acceptors (Lipinski definition) is 9. The fourth-order valence-corrected chi connectivity index (χ4v) is 4.61. The molecule has 2 amide bonds. The highest BCUT2D eigenvalue weighted by Gasteiger charge is 2.22. The Bertz CT molecular complexity index is 1370. The largest absolute Gasteiger partial charge is 0.484 e. The van der Waals surface area contributed by atoms with Crippen molar-refractivity contribution < 1.29 is 22.7 Å². The first-order valence-electron chi connectivity index (χ1n) is 11.2. The van der Waals surface area contributed by atoms with Crippen LogP contribution in [0.5, 0.6) is 5.75 Å². The smallest absolute Gasteiger partial charge is 0.284 e. The van der Waals surface area contributed by atoms with E-state index in [1.807, 2.05) is 46.0 Å².